The highest BCUT2D eigenvalue weighted by molar-refractivity contribution is 5.94. The molecule has 0 atom stereocenters. The molecule has 2 aromatic carbocycles. The molecule has 0 saturated carbocycles. The fourth-order valence-electron chi connectivity index (χ4n) is 2.78. The van der Waals surface area contributed by atoms with Crippen molar-refractivity contribution in [3.05, 3.63) is 58.9 Å². The Labute approximate surface area is 127 Å². The molecule has 0 bridgehead atoms. The van der Waals surface area contributed by atoms with Crippen LogP contribution >= 0.6 is 0 Å². The van der Waals surface area contributed by atoms with Gasteiger partial charge in [0.15, 0.2) is 0 Å². The number of carbonyl (C=O) groups is 2. The molecule has 22 heavy (non-hydrogen) atoms. The van der Waals surface area contributed by atoms with Crippen LogP contribution in [0.3, 0.4) is 0 Å². The summed E-state index contributed by atoms with van der Waals surface area (Å²) in [4.78, 5) is 23.8. The van der Waals surface area contributed by atoms with Crippen LogP contribution in [0, 0.1) is 5.82 Å². The van der Waals surface area contributed by atoms with Crippen LogP contribution in [-0.2, 0) is 17.8 Å². The Morgan fingerprint density at radius 2 is 2.05 bits per heavy atom. The lowest BCUT2D eigenvalue weighted by Gasteiger charge is -2.25. The summed E-state index contributed by atoms with van der Waals surface area (Å²) in [6.45, 7) is 1.23. The molecule has 3 rings (SSSR count). The van der Waals surface area contributed by atoms with E-state index < -0.39 is 11.7 Å². The van der Waals surface area contributed by atoms with E-state index in [9.17, 15) is 14.0 Å². The number of primary amides is 1. The number of fused-ring (bicyclic) bond motifs is 1. The molecule has 0 aliphatic carbocycles. The average molecular weight is 298 g/mol. The van der Waals surface area contributed by atoms with E-state index in [2.05, 4.69) is 0 Å². The largest absolute Gasteiger partial charge is 0.366 e. The fraction of sp³-hybridized carbons (Fsp3) is 0.176. The zero-order valence-electron chi connectivity index (χ0n) is 11.9. The number of nitrogens with zero attached hydrogens (tertiary/aromatic N) is 1. The van der Waals surface area contributed by atoms with Gasteiger partial charge in [0.1, 0.15) is 5.82 Å². The van der Waals surface area contributed by atoms with Crippen LogP contribution in [0.25, 0.3) is 11.1 Å². The van der Waals surface area contributed by atoms with Crippen LogP contribution in [0.1, 0.15) is 21.5 Å². The molecule has 2 N–H and O–H groups in total. The Morgan fingerprint density at radius 3 is 2.77 bits per heavy atom. The SMILES string of the molecule is NC(=O)c1cccc(-c2ccc3c(c2)CCN(C=O)C3)c1F. The lowest BCUT2D eigenvalue weighted by Crippen LogP contribution is -2.29. The number of carbonyl (C=O) groups excluding carboxylic acids is 2. The Hall–Kier alpha value is -2.69. The van der Waals surface area contributed by atoms with Crippen molar-refractivity contribution < 1.29 is 14.0 Å². The summed E-state index contributed by atoms with van der Waals surface area (Å²) >= 11 is 0. The van der Waals surface area contributed by atoms with Gasteiger partial charge in [-0.15, -0.1) is 0 Å². The molecule has 0 aromatic heterocycles. The molecule has 0 radical (unpaired) electrons. The molecule has 2 aromatic rings. The van der Waals surface area contributed by atoms with Crippen molar-refractivity contribution >= 4 is 12.3 Å². The van der Waals surface area contributed by atoms with E-state index in [-0.39, 0.29) is 5.56 Å². The van der Waals surface area contributed by atoms with Gasteiger partial charge < -0.3 is 10.6 Å². The number of amides is 2. The highest BCUT2D eigenvalue weighted by atomic mass is 19.1. The van der Waals surface area contributed by atoms with Crippen molar-refractivity contribution in [1.29, 1.82) is 0 Å². The number of benzene rings is 2. The molecular weight excluding hydrogens is 283 g/mol. The van der Waals surface area contributed by atoms with Gasteiger partial charge in [-0.05, 0) is 29.2 Å². The number of hydrogen-bond donors (Lipinski definition) is 1. The van der Waals surface area contributed by atoms with Gasteiger partial charge in [0.05, 0.1) is 5.56 Å². The quantitative estimate of drug-likeness (QED) is 0.882. The number of hydrogen-bond acceptors (Lipinski definition) is 2. The minimum Gasteiger partial charge on any atom is -0.366 e. The van der Waals surface area contributed by atoms with Gasteiger partial charge in [-0.25, -0.2) is 4.39 Å². The smallest absolute Gasteiger partial charge is 0.251 e. The fourth-order valence-corrected chi connectivity index (χ4v) is 2.78. The summed E-state index contributed by atoms with van der Waals surface area (Å²) in [6, 6.07) is 10.2. The Morgan fingerprint density at radius 1 is 1.23 bits per heavy atom. The van der Waals surface area contributed by atoms with E-state index in [1.54, 1.807) is 23.1 Å². The first-order chi connectivity index (χ1) is 10.6. The molecule has 112 valence electrons. The highest BCUT2D eigenvalue weighted by Crippen LogP contribution is 2.29. The van der Waals surface area contributed by atoms with Gasteiger partial charge in [-0.1, -0.05) is 30.3 Å². The highest BCUT2D eigenvalue weighted by Gasteiger charge is 2.18. The molecule has 0 fully saturated rings. The molecule has 0 saturated heterocycles. The predicted octanol–water partition coefficient (Wildman–Crippen LogP) is 2.11. The molecule has 4 nitrogen and oxygen atoms in total. The summed E-state index contributed by atoms with van der Waals surface area (Å²) in [5, 5.41) is 0. The van der Waals surface area contributed by atoms with Crippen LogP contribution in [0.5, 0.6) is 0 Å². The van der Waals surface area contributed by atoms with Crippen molar-refractivity contribution in [3.63, 3.8) is 0 Å². The summed E-state index contributed by atoms with van der Waals surface area (Å²) in [7, 11) is 0. The second-order valence-corrected chi connectivity index (χ2v) is 5.34. The molecule has 0 spiro atoms. The summed E-state index contributed by atoms with van der Waals surface area (Å²) in [5.74, 6) is -1.38. The minimum atomic E-state index is -0.779. The minimum absolute atomic E-state index is 0.109. The summed E-state index contributed by atoms with van der Waals surface area (Å²) < 4.78 is 14.4. The first kappa shape index (κ1) is 14.3. The standard InChI is InChI=1S/C17H15FN2O2/c18-16-14(2-1-3-15(16)17(19)22)12-4-5-13-9-20(10-21)7-6-11(13)8-12/h1-5,8,10H,6-7,9H2,(H2,19,22). The maximum atomic E-state index is 14.4. The number of nitrogens with two attached hydrogens (primary N) is 1. The van der Waals surface area contributed by atoms with Gasteiger partial charge in [-0.2, -0.15) is 0 Å². The van der Waals surface area contributed by atoms with Crippen LogP contribution < -0.4 is 5.73 Å². The maximum absolute atomic E-state index is 14.4. The van der Waals surface area contributed by atoms with Crippen molar-refractivity contribution in [2.45, 2.75) is 13.0 Å². The van der Waals surface area contributed by atoms with E-state index in [4.69, 9.17) is 5.73 Å². The molecule has 1 heterocycles. The van der Waals surface area contributed by atoms with Crippen LogP contribution in [0.4, 0.5) is 4.39 Å². The lowest BCUT2D eigenvalue weighted by atomic mass is 9.94. The predicted molar refractivity (Wildman–Crippen MR) is 80.5 cm³/mol. The van der Waals surface area contributed by atoms with Crippen molar-refractivity contribution in [3.8, 4) is 11.1 Å². The van der Waals surface area contributed by atoms with Gasteiger partial charge >= 0.3 is 0 Å². The number of rotatable bonds is 3. The van der Waals surface area contributed by atoms with Crippen LogP contribution in [0.15, 0.2) is 36.4 Å². The van der Waals surface area contributed by atoms with Gasteiger partial charge in [0.2, 0.25) is 6.41 Å². The second kappa shape index (κ2) is 5.60. The van der Waals surface area contributed by atoms with Crippen molar-refractivity contribution in [1.82, 2.24) is 4.90 Å². The molecule has 1 aliphatic heterocycles. The lowest BCUT2D eigenvalue weighted by molar-refractivity contribution is -0.118. The molecule has 1 aliphatic rings. The van der Waals surface area contributed by atoms with E-state index in [1.807, 2.05) is 12.1 Å². The third kappa shape index (κ3) is 2.45. The third-order valence-electron chi connectivity index (χ3n) is 3.97. The molecular formula is C17H15FN2O2. The average Bonchev–Trinajstić information content (AvgIpc) is 2.53. The van der Waals surface area contributed by atoms with Crippen molar-refractivity contribution in [2.75, 3.05) is 6.54 Å². The molecule has 2 amide bonds. The number of halogens is 1. The van der Waals surface area contributed by atoms with E-state index in [0.717, 1.165) is 24.0 Å². The topological polar surface area (TPSA) is 63.4 Å². The zero-order valence-corrected chi connectivity index (χ0v) is 11.9. The van der Waals surface area contributed by atoms with Gasteiger partial charge in [0.25, 0.3) is 5.91 Å². The first-order valence-electron chi connectivity index (χ1n) is 7.00. The van der Waals surface area contributed by atoms with E-state index in [1.165, 1.54) is 6.07 Å². The normalized spacial score (nSPS) is 13.6. The summed E-state index contributed by atoms with van der Waals surface area (Å²) in [6.07, 6.45) is 1.58. The second-order valence-electron chi connectivity index (χ2n) is 5.34. The van der Waals surface area contributed by atoms with E-state index in [0.29, 0.717) is 24.2 Å². The first-order valence-corrected chi connectivity index (χ1v) is 7.00. The van der Waals surface area contributed by atoms with Gasteiger partial charge in [0, 0.05) is 18.7 Å². The zero-order chi connectivity index (χ0) is 15.7. The molecule has 0 unspecified atom stereocenters. The maximum Gasteiger partial charge on any atom is 0.251 e. The third-order valence-corrected chi connectivity index (χ3v) is 3.97. The molecule has 5 heteroatoms. The van der Waals surface area contributed by atoms with Crippen LogP contribution in [0.2, 0.25) is 0 Å². The Balaban J connectivity index is 2.02. The van der Waals surface area contributed by atoms with Gasteiger partial charge in [-0.3, -0.25) is 9.59 Å². The van der Waals surface area contributed by atoms with Crippen LogP contribution in [-0.4, -0.2) is 23.8 Å². The van der Waals surface area contributed by atoms with Crippen molar-refractivity contribution in [2.24, 2.45) is 5.73 Å². The van der Waals surface area contributed by atoms with E-state index >= 15 is 0 Å². The monoisotopic (exact) mass is 298 g/mol. The Bertz CT molecular complexity index is 758. The Kier molecular flexibility index (Phi) is 3.63. The summed E-state index contributed by atoms with van der Waals surface area (Å²) in [5.41, 5.74) is 8.30.